The summed E-state index contributed by atoms with van der Waals surface area (Å²) in [7, 11) is 11.1. The summed E-state index contributed by atoms with van der Waals surface area (Å²) in [5.74, 6) is 5.08. The molecule has 0 aliphatic carbocycles. The van der Waals surface area contributed by atoms with Crippen molar-refractivity contribution in [1.29, 1.82) is 0 Å². The molecule has 0 saturated heterocycles. The van der Waals surface area contributed by atoms with Crippen LogP contribution in [0.15, 0.2) is 219 Å². The zero-order valence-corrected chi connectivity index (χ0v) is 57.4. The van der Waals surface area contributed by atoms with Gasteiger partial charge >= 0.3 is 0 Å². The smallest absolute Gasteiger partial charge is 0.246 e. The first-order valence-corrected chi connectivity index (χ1v) is 32.6. The highest BCUT2D eigenvalue weighted by molar-refractivity contribution is 6.00. The van der Waals surface area contributed by atoms with E-state index in [4.69, 9.17) is 51.4 Å². The minimum Gasteiger partial charge on any atom is -0.457 e. The van der Waals surface area contributed by atoms with Gasteiger partial charge in [0.25, 0.3) is 0 Å². The van der Waals surface area contributed by atoms with Gasteiger partial charge in [-0.05, 0) is 137 Å². The molecule has 0 aliphatic heterocycles. The van der Waals surface area contributed by atoms with Crippen molar-refractivity contribution in [2.24, 2.45) is 0 Å². The van der Waals surface area contributed by atoms with Crippen molar-refractivity contribution in [3.8, 4) is 68.3 Å². The van der Waals surface area contributed by atoms with Gasteiger partial charge in [0.1, 0.15) is 88.0 Å². The number of nitrogens with two attached hydrogens (primary N) is 3. The van der Waals surface area contributed by atoms with Crippen LogP contribution in [0.4, 0.5) is 17.5 Å². The lowest BCUT2D eigenvalue weighted by Gasteiger charge is -2.15. The van der Waals surface area contributed by atoms with Crippen LogP contribution in [0.1, 0.15) is 0 Å². The van der Waals surface area contributed by atoms with E-state index < -0.39 is 0 Å². The van der Waals surface area contributed by atoms with Crippen LogP contribution in [0.25, 0.3) is 66.9 Å². The van der Waals surface area contributed by atoms with E-state index in [-0.39, 0.29) is 17.7 Å². The predicted octanol–water partition coefficient (Wildman–Crippen LogP) is 9.73. The standard InChI is InChI=1S/C26H29N7O2.C25H27N7O2.C24H24N6O3/c1-31(2)15-7-10-22(34)32(3)16-17-33-26-23(25(27)28-18-29-26)24(30-33)19-11-13-21(14-12-19)35-20-8-5-4-6-9-20;1-31(2)15-6-9-21(33)27-14-16-32-25-22(24(26)28-17-29-25)23(30-32)18-10-12-20(13-11-18)34-19-7-4-3-5-8-19;1-32-15-5-8-20(31)26-13-14-30-24-21(23(25)27-16-28-24)22(29-30)17-9-11-19(12-10-17)33-18-6-3-2-4-7-18/h4-14,18H,15-17H2,1-3H3,(H2,27,28,29);3-13,17H,14-16H2,1-2H3,(H,27,33)(H2,26,28,29);2-12,16H,13-15H2,1H3,(H,26,31)(H2,25,27,28)/b10-7+;9-6+;8-5+. The number of likely N-dealkylation sites (N-methyl/N-ethyl adjacent to an activating group) is 3. The summed E-state index contributed by atoms with van der Waals surface area (Å²) >= 11 is 0. The second-order valence-electron chi connectivity index (χ2n) is 23.4. The Morgan fingerprint density at radius 2 is 0.745 bits per heavy atom. The van der Waals surface area contributed by atoms with Crippen LogP contribution < -0.4 is 42.0 Å². The lowest BCUT2D eigenvalue weighted by atomic mass is 10.1. The van der Waals surface area contributed by atoms with E-state index in [1.165, 1.54) is 31.1 Å². The van der Waals surface area contributed by atoms with Gasteiger partial charge in [0.2, 0.25) is 17.7 Å². The van der Waals surface area contributed by atoms with E-state index in [1.807, 2.05) is 214 Å². The fraction of sp³-hybridized carbons (Fsp3) is 0.200. The number of amides is 3. The Bertz CT molecular complexity index is 4820. The SMILES string of the molecule is CN(C)C/C=C/C(=O)N(C)CCn1nc(-c2ccc(Oc3ccccc3)cc2)c2c(N)ncnc21.CN(C)C/C=C/C(=O)NCCn1nc(-c2ccc(Oc3ccccc3)cc2)c2c(N)ncnc21.COC/C=C/C(=O)NCCn1nc(-c2ccc(Oc3ccccc3)cc2)c2c(N)ncnc21. The first kappa shape index (κ1) is 72.0. The Hall–Kier alpha value is -12.7. The molecule has 27 heteroatoms. The molecule has 102 heavy (non-hydrogen) atoms. The molecule has 0 aliphatic rings. The maximum atomic E-state index is 12.4. The third-order valence-electron chi connectivity index (χ3n) is 15.3. The lowest BCUT2D eigenvalue weighted by molar-refractivity contribution is -0.125. The highest BCUT2D eigenvalue weighted by atomic mass is 16.5. The van der Waals surface area contributed by atoms with E-state index in [1.54, 1.807) is 45.3 Å². The number of benzene rings is 6. The Kier molecular flexibility index (Phi) is 25.2. The molecule has 6 heterocycles. The third kappa shape index (κ3) is 19.8. The van der Waals surface area contributed by atoms with Crippen LogP contribution in [0.2, 0.25) is 0 Å². The number of ether oxygens (including phenoxy) is 4. The van der Waals surface area contributed by atoms with E-state index in [2.05, 4.69) is 40.5 Å². The van der Waals surface area contributed by atoms with Crippen molar-refractivity contribution in [2.45, 2.75) is 19.6 Å². The number of nitrogen functional groups attached to an aromatic ring is 3. The number of hydrogen-bond donors (Lipinski definition) is 5. The van der Waals surface area contributed by atoms with Crippen LogP contribution >= 0.6 is 0 Å². The Morgan fingerprint density at radius 3 is 1.09 bits per heavy atom. The number of methoxy groups -OCH3 is 1. The summed E-state index contributed by atoms with van der Waals surface area (Å²) in [6.45, 7) is 4.35. The number of carbonyl (C=O) groups excluding carboxylic acids is 3. The third-order valence-corrected chi connectivity index (χ3v) is 15.3. The van der Waals surface area contributed by atoms with E-state index in [0.717, 1.165) is 39.7 Å². The molecular weight excluding hydrogens is 1290 g/mol. The molecule has 0 fully saturated rings. The molecule has 3 amide bonds. The van der Waals surface area contributed by atoms with E-state index >= 15 is 0 Å². The van der Waals surface area contributed by atoms with Crippen LogP contribution in [0.3, 0.4) is 0 Å². The topological polar surface area (TPSA) is 331 Å². The quantitative estimate of drug-likeness (QED) is 0.0299. The average Bonchev–Trinajstić information content (AvgIpc) is 1.64. The Balaban J connectivity index is 0.000000165. The zero-order chi connectivity index (χ0) is 71.7. The largest absolute Gasteiger partial charge is 0.457 e. The van der Waals surface area contributed by atoms with Gasteiger partial charge in [-0.1, -0.05) is 72.8 Å². The summed E-state index contributed by atoms with van der Waals surface area (Å²) in [5, 5.41) is 21.9. The molecule has 522 valence electrons. The van der Waals surface area contributed by atoms with Gasteiger partial charge in [0.05, 0.1) is 42.4 Å². The number of rotatable bonds is 27. The number of nitrogens with one attached hydrogen (secondary N) is 2. The van der Waals surface area contributed by atoms with Crippen molar-refractivity contribution >= 4 is 68.3 Å². The maximum Gasteiger partial charge on any atom is 0.246 e. The summed E-state index contributed by atoms with van der Waals surface area (Å²) in [6, 6.07) is 51.6. The first-order chi connectivity index (χ1) is 49.6. The number of anilines is 3. The molecular formula is C75H80N20O7. The van der Waals surface area contributed by atoms with Crippen LogP contribution in [-0.4, -0.2) is 173 Å². The highest BCUT2D eigenvalue weighted by Gasteiger charge is 2.21. The van der Waals surface area contributed by atoms with E-state index in [0.29, 0.717) is 138 Å². The number of hydrogen-bond acceptors (Lipinski definition) is 21. The van der Waals surface area contributed by atoms with Gasteiger partial charge in [-0.25, -0.2) is 43.9 Å². The second-order valence-corrected chi connectivity index (χ2v) is 23.4. The normalized spacial score (nSPS) is 11.3. The molecule has 27 nitrogen and oxygen atoms in total. The zero-order valence-electron chi connectivity index (χ0n) is 57.4. The fourth-order valence-electron chi connectivity index (χ4n) is 10.2. The molecule has 0 atom stereocenters. The molecule has 8 N–H and O–H groups in total. The molecule has 6 aromatic heterocycles. The summed E-state index contributed by atoms with van der Waals surface area (Å²) in [4.78, 5) is 67.5. The minimum absolute atomic E-state index is 0.0633. The fourth-order valence-corrected chi connectivity index (χ4v) is 10.2. The van der Waals surface area contributed by atoms with Crippen molar-refractivity contribution < 1.29 is 33.3 Å². The predicted molar refractivity (Wildman–Crippen MR) is 395 cm³/mol. The van der Waals surface area contributed by atoms with Crippen molar-refractivity contribution in [3.63, 3.8) is 0 Å². The molecule has 0 unspecified atom stereocenters. The van der Waals surface area contributed by atoms with Crippen LogP contribution in [0, 0.1) is 0 Å². The van der Waals surface area contributed by atoms with Gasteiger partial charge in [-0.3, -0.25) is 14.4 Å². The monoisotopic (exact) mass is 1370 g/mol. The van der Waals surface area contributed by atoms with Gasteiger partial charge in [-0.2, -0.15) is 15.3 Å². The molecule has 0 bridgehead atoms. The van der Waals surface area contributed by atoms with Gasteiger partial charge in [0, 0.05) is 81.8 Å². The molecule has 0 radical (unpaired) electrons. The summed E-state index contributed by atoms with van der Waals surface area (Å²) in [5.41, 5.74) is 25.0. The molecule has 12 aromatic rings. The van der Waals surface area contributed by atoms with E-state index in [9.17, 15) is 14.4 Å². The highest BCUT2D eigenvalue weighted by Crippen LogP contribution is 2.35. The van der Waals surface area contributed by atoms with Crippen molar-refractivity contribution in [2.75, 3.05) is 98.9 Å². The number of carbonyl (C=O) groups is 3. The number of nitrogens with zero attached hydrogens (tertiary/aromatic N) is 15. The summed E-state index contributed by atoms with van der Waals surface area (Å²) < 4.78 is 27.8. The minimum atomic E-state index is -0.202. The van der Waals surface area contributed by atoms with Crippen molar-refractivity contribution in [3.05, 3.63) is 219 Å². The first-order valence-electron chi connectivity index (χ1n) is 32.6. The molecule has 12 rings (SSSR count). The molecule has 6 aromatic carbocycles. The lowest BCUT2D eigenvalue weighted by Crippen LogP contribution is -2.29. The van der Waals surface area contributed by atoms with Gasteiger partial charge in [0.15, 0.2) is 16.9 Å². The second kappa shape index (κ2) is 35.7. The number of para-hydroxylation sites is 3. The van der Waals surface area contributed by atoms with Gasteiger partial charge in [-0.15, -0.1) is 0 Å². The average molecular weight is 1370 g/mol. The Morgan fingerprint density at radius 1 is 0.422 bits per heavy atom. The van der Waals surface area contributed by atoms with Crippen LogP contribution in [0.5, 0.6) is 34.5 Å². The van der Waals surface area contributed by atoms with Crippen LogP contribution in [-0.2, 0) is 38.8 Å². The molecule has 0 saturated carbocycles. The number of fused-ring (bicyclic) bond motifs is 3. The van der Waals surface area contributed by atoms with Crippen molar-refractivity contribution in [1.82, 2.24) is 84.6 Å². The Labute approximate surface area is 589 Å². The maximum absolute atomic E-state index is 12.4. The molecule has 0 spiro atoms. The van der Waals surface area contributed by atoms with Gasteiger partial charge < -0.3 is 61.5 Å². The summed E-state index contributed by atoms with van der Waals surface area (Å²) in [6.07, 6.45) is 14.1. The number of aromatic nitrogens is 12.